The number of anilines is 1. The summed E-state index contributed by atoms with van der Waals surface area (Å²) in [6.45, 7) is 15.4. The third kappa shape index (κ3) is 6.00. The number of benzene rings is 2. The molecule has 1 aliphatic heterocycles. The van der Waals surface area contributed by atoms with E-state index in [2.05, 4.69) is 38.9 Å². The molecule has 0 radical (unpaired) electrons. The largest absolute Gasteiger partial charge is 0.507 e. The number of amides is 1. The van der Waals surface area contributed by atoms with E-state index in [0.29, 0.717) is 29.2 Å². The van der Waals surface area contributed by atoms with Crippen molar-refractivity contribution in [2.24, 2.45) is 0 Å². The molecule has 4 rings (SSSR count). The number of aliphatic hydroxyl groups excluding tert-OH is 1. The van der Waals surface area contributed by atoms with E-state index in [1.807, 2.05) is 24.3 Å². The van der Waals surface area contributed by atoms with Crippen LogP contribution in [0.3, 0.4) is 0 Å². The number of aromatic nitrogens is 1. The van der Waals surface area contributed by atoms with Crippen LogP contribution >= 0.6 is 11.3 Å². The van der Waals surface area contributed by atoms with Crippen LogP contribution in [-0.2, 0) is 19.7 Å². The number of rotatable bonds is 9. The van der Waals surface area contributed by atoms with Crippen LogP contribution in [0.25, 0.3) is 5.76 Å². The molecule has 2 aromatic carbocycles. The van der Waals surface area contributed by atoms with Gasteiger partial charge in [0, 0.05) is 5.56 Å². The Morgan fingerprint density at radius 3 is 2.27 bits per heavy atom. The van der Waals surface area contributed by atoms with Crippen molar-refractivity contribution in [3.05, 3.63) is 107 Å². The van der Waals surface area contributed by atoms with Crippen molar-refractivity contribution >= 4 is 39.9 Å². The number of carbonyl (C=O) groups is 3. The molecular weight excluding hydrogens is 540 g/mol. The van der Waals surface area contributed by atoms with E-state index in [1.165, 1.54) is 11.0 Å². The van der Waals surface area contributed by atoms with Crippen molar-refractivity contribution in [3.8, 4) is 5.75 Å². The van der Waals surface area contributed by atoms with Gasteiger partial charge >= 0.3 is 11.9 Å². The molecule has 2 heterocycles. The first-order valence-electron chi connectivity index (χ1n) is 13.0. The van der Waals surface area contributed by atoms with Gasteiger partial charge < -0.3 is 14.6 Å². The fourth-order valence-electron chi connectivity index (χ4n) is 4.41. The molecule has 9 heteroatoms. The lowest BCUT2D eigenvalue weighted by atomic mass is 9.85. The molecule has 3 aromatic rings. The molecule has 1 aromatic heterocycles. The van der Waals surface area contributed by atoms with Crippen LogP contribution in [0.1, 0.15) is 58.9 Å². The topological polar surface area (TPSA) is 106 Å². The number of ether oxygens (including phenoxy) is 2. The molecule has 1 fully saturated rings. The molecule has 0 saturated carbocycles. The Labute approximate surface area is 243 Å². The summed E-state index contributed by atoms with van der Waals surface area (Å²) in [5, 5.41) is 11.6. The summed E-state index contributed by atoms with van der Waals surface area (Å²) in [6, 6.07) is 13.1. The monoisotopic (exact) mass is 572 g/mol. The maximum atomic E-state index is 13.5. The Bertz CT molecular complexity index is 1530. The highest BCUT2D eigenvalue weighted by Crippen LogP contribution is 2.44. The van der Waals surface area contributed by atoms with Gasteiger partial charge in [-0.3, -0.25) is 14.5 Å². The molecular formula is C32H32N2O6S. The molecule has 0 bridgehead atoms. The maximum absolute atomic E-state index is 13.5. The van der Waals surface area contributed by atoms with Gasteiger partial charge in [-0.1, -0.05) is 81.7 Å². The first kappa shape index (κ1) is 29.5. The third-order valence-corrected chi connectivity index (χ3v) is 7.68. The number of nitrogens with zero attached hydrogens (tertiary/aromatic N) is 2. The molecule has 8 nitrogen and oxygen atoms in total. The van der Waals surface area contributed by atoms with Gasteiger partial charge in [0.15, 0.2) is 5.13 Å². The van der Waals surface area contributed by atoms with Crippen molar-refractivity contribution in [2.75, 3.05) is 18.1 Å². The second kappa shape index (κ2) is 11.9. The van der Waals surface area contributed by atoms with Gasteiger partial charge in [0.1, 0.15) is 29.6 Å². The third-order valence-electron chi connectivity index (χ3n) is 6.54. The number of aliphatic hydroxyl groups is 1. The van der Waals surface area contributed by atoms with Gasteiger partial charge in [0.25, 0.3) is 5.78 Å². The van der Waals surface area contributed by atoms with Crippen LogP contribution < -0.4 is 9.64 Å². The zero-order valence-corrected chi connectivity index (χ0v) is 24.3. The van der Waals surface area contributed by atoms with Crippen LogP contribution in [-0.4, -0.2) is 41.0 Å². The summed E-state index contributed by atoms with van der Waals surface area (Å²) in [7, 11) is 0. The van der Waals surface area contributed by atoms with Gasteiger partial charge in [0.05, 0.1) is 17.3 Å². The van der Waals surface area contributed by atoms with Crippen LogP contribution in [0.5, 0.6) is 5.75 Å². The fraction of sp³-hybridized carbons (Fsp3) is 0.250. The molecule has 212 valence electrons. The minimum Gasteiger partial charge on any atom is -0.507 e. The van der Waals surface area contributed by atoms with Crippen LogP contribution in [0.15, 0.2) is 79.4 Å². The molecule has 0 aliphatic carbocycles. The predicted octanol–water partition coefficient (Wildman–Crippen LogP) is 6.28. The summed E-state index contributed by atoms with van der Waals surface area (Å²) in [5.41, 5.74) is 2.16. The van der Waals surface area contributed by atoms with E-state index in [1.54, 1.807) is 37.3 Å². The fourth-order valence-corrected chi connectivity index (χ4v) is 5.39. The molecule has 1 unspecified atom stereocenters. The number of aryl methyl sites for hydroxylation is 1. The minimum absolute atomic E-state index is 0.0214. The Morgan fingerprint density at radius 2 is 1.68 bits per heavy atom. The van der Waals surface area contributed by atoms with E-state index >= 15 is 0 Å². The summed E-state index contributed by atoms with van der Waals surface area (Å²) >= 11 is 0.950. The van der Waals surface area contributed by atoms with Crippen molar-refractivity contribution in [2.45, 2.75) is 39.2 Å². The van der Waals surface area contributed by atoms with Gasteiger partial charge in [-0.15, -0.1) is 0 Å². The maximum Gasteiger partial charge on any atom is 0.350 e. The Hall–Kier alpha value is -4.50. The number of ketones is 1. The molecule has 41 heavy (non-hydrogen) atoms. The molecule has 1 N–H and O–H groups in total. The van der Waals surface area contributed by atoms with Crippen LogP contribution in [0.4, 0.5) is 5.13 Å². The normalized spacial score (nSPS) is 16.5. The summed E-state index contributed by atoms with van der Waals surface area (Å²) in [5.74, 6) is -2.09. The first-order valence-corrected chi connectivity index (χ1v) is 13.8. The van der Waals surface area contributed by atoms with Gasteiger partial charge in [-0.05, 0) is 47.7 Å². The lowest BCUT2D eigenvalue weighted by molar-refractivity contribution is -0.132. The number of thiazole rings is 1. The van der Waals surface area contributed by atoms with E-state index in [4.69, 9.17) is 9.47 Å². The molecule has 1 aliphatic rings. The average molecular weight is 573 g/mol. The molecule has 0 spiro atoms. The average Bonchev–Trinajstić information content (AvgIpc) is 3.46. The second-order valence-corrected chi connectivity index (χ2v) is 11.4. The molecule has 1 amide bonds. The van der Waals surface area contributed by atoms with E-state index in [9.17, 15) is 19.5 Å². The number of Topliss-reactive ketones (excluding diaryl/α,β-unsaturated/α-hetero) is 1. The Kier molecular flexibility index (Phi) is 8.58. The van der Waals surface area contributed by atoms with Gasteiger partial charge in [0.2, 0.25) is 0 Å². The van der Waals surface area contributed by atoms with Gasteiger partial charge in [-0.25, -0.2) is 9.78 Å². The highest BCUT2D eigenvalue weighted by molar-refractivity contribution is 7.17. The zero-order chi connectivity index (χ0) is 29.9. The minimum atomic E-state index is -0.983. The summed E-state index contributed by atoms with van der Waals surface area (Å²) < 4.78 is 10.7. The summed E-state index contributed by atoms with van der Waals surface area (Å²) in [6.07, 6.45) is 3.07. The Balaban J connectivity index is 1.85. The standard InChI is InChI=1S/C32H32N2O6S/c1-7-17-39-23-15-11-21(12-16-23)26(35)24-25(20-9-13-22(14-10-20)32(4,5)6)34(29(37)27(24)36)31-33-19(3)28(41-31)30(38)40-18-8-2/h7-16,25,35H,1-2,17-18H2,3-6H3/b26-24+. The molecule has 1 atom stereocenters. The highest BCUT2D eigenvalue weighted by Gasteiger charge is 2.48. The van der Waals surface area contributed by atoms with Gasteiger partial charge in [-0.2, -0.15) is 0 Å². The van der Waals surface area contributed by atoms with Crippen molar-refractivity contribution < 1.29 is 29.0 Å². The molecule has 1 saturated heterocycles. The quantitative estimate of drug-likeness (QED) is 0.106. The van der Waals surface area contributed by atoms with Crippen LogP contribution in [0.2, 0.25) is 0 Å². The lowest BCUT2D eigenvalue weighted by Gasteiger charge is -2.24. The first-order chi connectivity index (χ1) is 19.5. The predicted molar refractivity (Wildman–Crippen MR) is 159 cm³/mol. The lowest BCUT2D eigenvalue weighted by Crippen LogP contribution is -2.29. The number of carbonyl (C=O) groups excluding carboxylic acids is 3. The second-order valence-electron chi connectivity index (χ2n) is 10.5. The number of hydrogen-bond acceptors (Lipinski definition) is 8. The number of hydrogen-bond donors (Lipinski definition) is 1. The summed E-state index contributed by atoms with van der Waals surface area (Å²) in [4.78, 5) is 45.6. The van der Waals surface area contributed by atoms with E-state index in [-0.39, 0.29) is 33.4 Å². The highest BCUT2D eigenvalue weighted by atomic mass is 32.1. The van der Waals surface area contributed by atoms with Crippen molar-refractivity contribution in [1.82, 2.24) is 4.98 Å². The van der Waals surface area contributed by atoms with Crippen molar-refractivity contribution in [3.63, 3.8) is 0 Å². The smallest absolute Gasteiger partial charge is 0.350 e. The van der Waals surface area contributed by atoms with Crippen LogP contribution in [0, 0.1) is 6.92 Å². The zero-order valence-electron chi connectivity index (χ0n) is 23.5. The Morgan fingerprint density at radius 1 is 1.05 bits per heavy atom. The van der Waals surface area contributed by atoms with Crippen molar-refractivity contribution in [1.29, 1.82) is 0 Å². The SMILES string of the molecule is C=CCOC(=O)c1sc(N2C(=O)C(=O)/C(=C(/O)c3ccc(OCC=C)cc3)C2c2ccc(C(C)(C)C)cc2)nc1C. The van der Waals surface area contributed by atoms with E-state index < -0.39 is 23.7 Å². The number of esters is 1. The van der Waals surface area contributed by atoms with E-state index in [0.717, 1.165) is 16.9 Å².